The predicted molar refractivity (Wildman–Crippen MR) is 98.6 cm³/mol. The molecule has 1 saturated heterocycles. The summed E-state index contributed by atoms with van der Waals surface area (Å²) in [6, 6.07) is 7.93. The van der Waals surface area contributed by atoms with Gasteiger partial charge in [-0.1, -0.05) is 22.0 Å². The van der Waals surface area contributed by atoms with Crippen LogP contribution in [-0.2, 0) is 0 Å². The van der Waals surface area contributed by atoms with E-state index in [0.717, 1.165) is 41.9 Å². The van der Waals surface area contributed by atoms with Gasteiger partial charge in [0.25, 0.3) is 5.91 Å². The predicted octanol–water partition coefficient (Wildman–Crippen LogP) is 3.01. The van der Waals surface area contributed by atoms with Crippen molar-refractivity contribution in [3.8, 4) is 5.69 Å². The molecule has 2 heterocycles. The van der Waals surface area contributed by atoms with Gasteiger partial charge in [0, 0.05) is 17.6 Å². The zero-order valence-electron chi connectivity index (χ0n) is 14.1. The molecule has 1 atom stereocenters. The SMILES string of the molecule is CNCC1CCCN(C(=O)c2cnn(-c3cccc(Br)c3)c2C)C1. The number of benzene rings is 1. The second-order valence-corrected chi connectivity index (χ2v) is 7.27. The summed E-state index contributed by atoms with van der Waals surface area (Å²) in [5.41, 5.74) is 2.53. The first-order valence-corrected chi connectivity index (χ1v) is 9.14. The normalized spacial score (nSPS) is 18.0. The summed E-state index contributed by atoms with van der Waals surface area (Å²) in [6.07, 6.45) is 3.94. The fraction of sp³-hybridized carbons (Fsp3) is 0.444. The number of hydrogen-bond donors (Lipinski definition) is 1. The Bertz CT molecular complexity index is 726. The Morgan fingerprint density at radius 2 is 2.29 bits per heavy atom. The Kier molecular flexibility index (Phi) is 5.36. The Morgan fingerprint density at radius 3 is 3.04 bits per heavy atom. The number of amides is 1. The number of nitrogens with one attached hydrogen (secondary N) is 1. The molecule has 1 N–H and O–H groups in total. The van der Waals surface area contributed by atoms with Crippen molar-refractivity contribution >= 4 is 21.8 Å². The van der Waals surface area contributed by atoms with E-state index in [1.54, 1.807) is 6.20 Å². The van der Waals surface area contributed by atoms with Crippen LogP contribution in [0.4, 0.5) is 0 Å². The maximum Gasteiger partial charge on any atom is 0.257 e. The van der Waals surface area contributed by atoms with Crippen LogP contribution in [0.1, 0.15) is 28.9 Å². The Labute approximate surface area is 151 Å². The van der Waals surface area contributed by atoms with Crippen LogP contribution in [-0.4, -0.2) is 47.3 Å². The van der Waals surface area contributed by atoms with Crippen LogP contribution in [0, 0.1) is 12.8 Å². The minimum atomic E-state index is 0.0922. The van der Waals surface area contributed by atoms with E-state index in [1.807, 2.05) is 47.8 Å². The Balaban J connectivity index is 1.81. The van der Waals surface area contributed by atoms with Crippen LogP contribution >= 0.6 is 15.9 Å². The van der Waals surface area contributed by atoms with Crippen LogP contribution in [0.25, 0.3) is 5.69 Å². The van der Waals surface area contributed by atoms with Gasteiger partial charge in [-0.2, -0.15) is 5.10 Å². The second-order valence-electron chi connectivity index (χ2n) is 6.35. The molecule has 0 spiro atoms. The molecule has 1 aromatic heterocycles. The molecular weight excluding hydrogens is 368 g/mol. The van der Waals surface area contributed by atoms with Gasteiger partial charge in [-0.05, 0) is 57.5 Å². The largest absolute Gasteiger partial charge is 0.338 e. The quantitative estimate of drug-likeness (QED) is 0.872. The first-order valence-electron chi connectivity index (χ1n) is 8.34. The zero-order chi connectivity index (χ0) is 17.1. The zero-order valence-corrected chi connectivity index (χ0v) is 15.7. The lowest BCUT2D eigenvalue weighted by molar-refractivity contribution is 0.0673. The van der Waals surface area contributed by atoms with Crippen molar-refractivity contribution in [1.29, 1.82) is 0 Å². The molecule has 1 fully saturated rings. The Hall–Kier alpha value is -1.66. The molecule has 24 heavy (non-hydrogen) atoms. The lowest BCUT2D eigenvalue weighted by Gasteiger charge is -2.32. The summed E-state index contributed by atoms with van der Waals surface area (Å²) in [7, 11) is 1.97. The number of hydrogen-bond acceptors (Lipinski definition) is 3. The molecule has 1 aromatic carbocycles. The molecule has 0 bridgehead atoms. The van der Waals surface area contributed by atoms with Crippen molar-refractivity contribution in [2.75, 3.05) is 26.7 Å². The van der Waals surface area contributed by atoms with Crippen LogP contribution in [0.3, 0.4) is 0 Å². The van der Waals surface area contributed by atoms with Gasteiger partial charge in [0.1, 0.15) is 0 Å². The van der Waals surface area contributed by atoms with Crippen molar-refractivity contribution in [3.05, 3.63) is 46.2 Å². The van der Waals surface area contributed by atoms with Gasteiger partial charge in [0.05, 0.1) is 23.1 Å². The van der Waals surface area contributed by atoms with Gasteiger partial charge in [-0.3, -0.25) is 4.79 Å². The van der Waals surface area contributed by atoms with Gasteiger partial charge < -0.3 is 10.2 Å². The number of halogens is 1. The van der Waals surface area contributed by atoms with E-state index < -0.39 is 0 Å². The van der Waals surface area contributed by atoms with E-state index in [0.29, 0.717) is 11.5 Å². The summed E-state index contributed by atoms with van der Waals surface area (Å²) < 4.78 is 2.82. The molecule has 5 nitrogen and oxygen atoms in total. The fourth-order valence-electron chi connectivity index (χ4n) is 3.36. The summed E-state index contributed by atoms with van der Waals surface area (Å²) in [5, 5.41) is 7.65. The van der Waals surface area contributed by atoms with Crippen molar-refractivity contribution in [3.63, 3.8) is 0 Å². The monoisotopic (exact) mass is 390 g/mol. The smallest absolute Gasteiger partial charge is 0.257 e. The van der Waals surface area contributed by atoms with Crippen molar-refractivity contribution in [2.24, 2.45) is 5.92 Å². The van der Waals surface area contributed by atoms with E-state index in [1.165, 1.54) is 6.42 Å². The minimum Gasteiger partial charge on any atom is -0.338 e. The van der Waals surface area contributed by atoms with Gasteiger partial charge in [0.15, 0.2) is 0 Å². The molecule has 1 amide bonds. The maximum absolute atomic E-state index is 12.9. The highest BCUT2D eigenvalue weighted by Gasteiger charge is 2.26. The number of carbonyl (C=O) groups excluding carboxylic acids is 1. The Morgan fingerprint density at radius 1 is 1.46 bits per heavy atom. The first kappa shape index (κ1) is 17.2. The maximum atomic E-state index is 12.9. The molecule has 0 radical (unpaired) electrons. The number of aromatic nitrogens is 2. The highest BCUT2D eigenvalue weighted by atomic mass is 79.9. The number of piperidine rings is 1. The molecule has 3 rings (SSSR count). The number of likely N-dealkylation sites (tertiary alicyclic amines) is 1. The standard InChI is InChI=1S/C18H23BrN4O/c1-13-17(11-21-23(13)16-7-3-6-15(19)9-16)18(24)22-8-4-5-14(12-22)10-20-2/h3,6-7,9,11,14,20H,4-5,8,10,12H2,1-2H3. The van der Waals surface area contributed by atoms with Crippen molar-refractivity contribution in [2.45, 2.75) is 19.8 Å². The van der Waals surface area contributed by atoms with Gasteiger partial charge >= 0.3 is 0 Å². The third-order valence-corrected chi connectivity index (χ3v) is 5.09. The molecule has 6 heteroatoms. The number of nitrogens with zero attached hydrogens (tertiary/aromatic N) is 3. The second kappa shape index (κ2) is 7.49. The summed E-state index contributed by atoms with van der Waals surface area (Å²) in [4.78, 5) is 14.9. The van der Waals surface area contributed by atoms with E-state index in [9.17, 15) is 4.79 Å². The third kappa shape index (κ3) is 3.54. The number of carbonyl (C=O) groups is 1. The van der Waals surface area contributed by atoms with Gasteiger partial charge in [-0.15, -0.1) is 0 Å². The van der Waals surface area contributed by atoms with Crippen LogP contribution in [0.2, 0.25) is 0 Å². The average Bonchev–Trinajstić information content (AvgIpc) is 2.96. The summed E-state index contributed by atoms with van der Waals surface area (Å²) in [6.45, 7) is 4.57. The molecular formula is C18H23BrN4O. The third-order valence-electron chi connectivity index (χ3n) is 4.59. The van der Waals surface area contributed by atoms with Crippen LogP contribution in [0.15, 0.2) is 34.9 Å². The van der Waals surface area contributed by atoms with Crippen LogP contribution < -0.4 is 5.32 Å². The van der Waals surface area contributed by atoms with E-state index in [2.05, 4.69) is 26.3 Å². The highest BCUT2D eigenvalue weighted by Crippen LogP contribution is 2.22. The topological polar surface area (TPSA) is 50.2 Å². The van der Waals surface area contributed by atoms with E-state index in [4.69, 9.17) is 0 Å². The molecule has 2 aromatic rings. The minimum absolute atomic E-state index is 0.0922. The van der Waals surface area contributed by atoms with Gasteiger partial charge in [0.2, 0.25) is 0 Å². The van der Waals surface area contributed by atoms with Gasteiger partial charge in [-0.25, -0.2) is 4.68 Å². The molecule has 0 saturated carbocycles. The molecule has 1 aliphatic rings. The lowest BCUT2D eigenvalue weighted by Crippen LogP contribution is -2.42. The van der Waals surface area contributed by atoms with Crippen molar-refractivity contribution < 1.29 is 4.79 Å². The first-order chi connectivity index (χ1) is 11.6. The molecule has 1 aliphatic heterocycles. The summed E-state index contributed by atoms with van der Waals surface area (Å²) in [5.74, 6) is 0.627. The lowest BCUT2D eigenvalue weighted by atomic mass is 9.97. The van der Waals surface area contributed by atoms with Crippen LogP contribution in [0.5, 0.6) is 0 Å². The number of rotatable bonds is 4. The fourth-order valence-corrected chi connectivity index (χ4v) is 3.75. The molecule has 1 unspecified atom stereocenters. The van der Waals surface area contributed by atoms with E-state index in [-0.39, 0.29) is 5.91 Å². The molecule has 128 valence electrons. The average molecular weight is 391 g/mol. The van der Waals surface area contributed by atoms with E-state index >= 15 is 0 Å². The molecule has 0 aliphatic carbocycles. The highest BCUT2D eigenvalue weighted by molar-refractivity contribution is 9.10. The van der Waals surface area contributed by atoms with Crippen molar-refractivity contribution in [1.82, 2.24) is 20.0 Å². The summed E-state index contributed by atoms with van der Waals surface area (Å²) >= 11 is 3.48.